The zero-order valence-electron chi connectivity index (χ0n) is 11.8. The first-order valence-electron chi connectivity index (χ1n) is 6.17. The third kappa shape index (κ3) is 3.60. The van der Waals surface area contributed by atoms with Gasteiger partial charge in [-0.15, -0.1) is 0 Å². The van der Waals surface area contributed by atoms with E-state index in [2.05, 4.69) is 0 Å². The van der Waals surface area contributed by atoms with E-state index in [9.17, 15) is 9.90 Å². The van der Waals surface area contributed by atoms with Crippen molar-refractivity contribution in [2.24, 2.45) is 5.41 Å². The average Bonchev–Trinajstić information content (AvgIpc) is 2.37. The van der Waals surface area contributed by atoms with Crippen LogP contribution in [0.25, 0.3) is 0 Å². The standard InChI is InChI=1S/C13H25NO3/c1-12(2,3)17-11(16)14(6)9-7-10(15)13(4,5)8-9/h9-10,15H,7-8H2,1-6H3/t9-,10-/m1/s1. The summed E-state index contributed by atoms with van der Waals surface area (Å²) in [5, 5.41) is 9.91. The van der Waals surface area contributed by atoms with Crippen LogP contribution in [0.3, 0.4) is 0 Å². The molecule has 4 heteroatoms. The lowest BCUT2D eigenvalue weighted by molar-refractivity contribution is 0.0216. The molecule has 0 aromatic rings. The summed E-state index contributed by atoms with van der Waals surface area (Å²) < 4.78 is 5.32. The summed E-state index contributed by atoms with van der Waals surface area (Å²) >= 11 is 0. The Labute approximate surface area is 104 Å². The Kier molecular flexibility index (Phi) is 3.77. The molecule has 0 saturated heterocycles. The molecule has 0 bridgehead atoms. The van der Waals surface area contributed by atoms with Crippen molar-refractivity contribution in [3.05, 3.63) is 0 Å². The highest BCUT2D eigenvalue weighted by molar-refractivity contribution is 5.68. The highest BCUT2D eigenvalue weighted by Gasteiger charge is 2.42. The molecule has 100 valence electrons. The van der Waals surface area contributed by atoms with Crippen molar-refractivity contribution in [3.63, 3.8) is 0 Å². The van der Waals surface area contributed by atoms with Crippen LogP contribution in [0.4, 0.5) is 4.79 Å². The topological polar surface area (TPSA) is 49.8 Å². The molecule has 0 spiro atoms. The second-order valence-corrected chi connectivity index (χ2v) is 6.69. The van der Waals surface area contributed by atoms with E-state index in [1.54, 1.807) is 11.9 Å². The molecule has 2 atom stereocenters. The molecule has 1 N–H and O–H groups in total. The summed E-state index contributed by atoms with van der Waals surface area (Å²) in [4.78, 5) is 13.5. The van der Waals surface area contributed by atoms with E-state index >= 15 is 0 Å². The van der Waals surface area contributed by atoms with Gasteiger partial charge in [0.1, 0.15) is 5.60 Å². The van der Waals surface area contributed by atoms with Gasteiger partial charge in [0.2, 0.25) is 0 Å². The lowest BCUT2D eigenvalue weighted by Gasteiger charge is -2.29. The Morgan fingerprint density at radius 2 is 1.94 bits per heavy atom. The van der Waals surface area contributed by atoms with Gasteiger partial charge in [0, 0.05) is 13.1 Å². The van der Waals surface area contributed by atoms with Crippen molar-refractivity contribution in [3.8, 4) is 0 Å². The number of carbonyl (C=O) groups is 1. The number of hydrogen-bond donors (Lipinski definition) is 1. The first-order valence-corrected chi connectivity index (χ1v) is 6.17. The lowest BCUT2D eigenvalue weighted by Crippen LogP contribution is -2.40. The highest BCUT2D eigenvalue weighted by Crippen LogP contribution is 2.39. The van der Waals surface area contributed by atoms with Crippen molar-refractivity contribution >= 4 is 6.09 Å². The molecule has 0 aromatic carbocycles. The maximum atomic E-state index is 11.9. The second-order valence-electron chi connectivity index (χ2n) is 6.69. The third-order valence-corrected chi connectivity index (χ3v) is 3.39. The van der Waals surface area contributed by atoms with Crippen molar-refractivity contribution in [2.75, 3.05) is 7.05 Å². The third-order valence-electron chi connectivity index (χ3n) is 3.39. The SMILES string of the molecule is CN(C(=O)OC(C)(C)C)[C@@H]1C[C@@H](O)C(C)(C)C1. The van der Waals surface area contributed by atoms with Gasteiger partial charge in [-0.05, 0) is 39.0 Å². The fraction of sp³-hybridized carbons (Fsp3) is 0.923. The van der Waals surface area contributed by atoms with Crippen LogP contribution >= 0.6 is 0 Å². The van der Waals surface area contributed by atoms with Gasteiger partial charge in [0.05, 0.1) is 6.10 Å². The summed E-state index contributed by atoms with van der Waals surface area (Å²) in [5.74, 6) is 0. The number of nitrogens with zero attached hydrogens (tertiary/aromatic N) is 1. The van der Waals surface area contributed by atoms with Crippen molar-refractivity contribution in [1.29, 1.82) is 0 Å². The quantitative estimate of drug-likeness (QED) is 0.769. The molecular formula is C13H25NO3. The first-order chi connectivity index (χ1) is 7.53. The minimum Gasteiger partial charge on any atom is -0.444 e. The molecule has 0 unspecified atom stereocenters. The summed E-state index contributed by atoms with van der Waals surface area (Å²) in [6.07, 6.45) is 0.775. The Bertz CT molecular complexity index is 294. The Morgan fingerprint density at radius 3 is 2.29 bits per heavy atom. The monoisotopic (exact) mass is 243 g/mol. The van der Waals surface area contributed by atoms with Gasteiger partial charge in [-0.1, -0.05) is 13.8 Å². The van der Waals surface area contributed by atoms with Crippen LogP contribution in [0.2, 0.25) is 0 Å². The van der Waals surface area contributed by atoms with Gasteiger partial charge in [-0.3, -0.25) is 0 Å². The highest BCUT2D eigenvalue weighted by atomic mass is 16.6. The number of ether oxygens (including phenoxy) is 1. The second kappa shape index (κ2) is 4.48. The number of aliphatic hydroxyl groups is 1. The largest absolute Gasteiger partial charge is 0.444 e. The summed E-state index contributed by atoms with van der Waals surface area (Å²) in [6.45, 7) is 9.62. The van der Waals surface area contributed by atoms with Gasteiger partial charge in [0.25, 0.3) is 0 Å². The maximum Gasteiger partial charge on any atom is 0.410 e. The fourth-order valence-electron chi connectivity index (χ4n) is 2.18. The molecule has 17 heavy (non-hydrogen) atoms. The fourth-order valence-corrected chi connectivity index (χ4v) is 2.18. The number of hydrogen-bond acceptors (Lipinski definition) is 3. The van der Waals surface area contributed by atoms with E-state index in [-0.39, 0.29) is 23.7 Å². The van der Waals surface area contributed by atoms with Crippen LogP contribution in [-0.4, -0.2) is 40.9 Å². The number of aliphatic hydroxyl groups excluding tert-OH is 1. The Morgan fingerprint density at radius 1 is 1.41 bits per heavy atom. The molecule has 1 aliphatic rings. The zero-order valence-corrected chi connectivity index (χ0v) is 11.8. The van der Waals surface area contributed by atoms with Crippen LogP contribution in [-0.2, 0) is 4.74 Å². The van der Waals surface area contributed by atoms with Gasteiger partial charge in [-0.25, -0.2) is 4.79 Å². The predicted molar refractivity (Wildman–Crippen MR) is 66.8 cm³/mol. The molecule has 1 saturated carbocycles. The Balaban J connectivity index is 2.61. The summed E-state index contributed by atoms with van der Waals surface area (Å²) in [7, 11) is 1.74. The minimum absolute atomic E-state index is 0.0647. The molecular weight excluding hydrogens is 218 g/mol. The van der Waals surface area contributed by atoms with E-state index in [1.807, 2.05) is 34.6 Å². The summed E-state index contributed by atoms with van der Waals surface area (Å²) in [6, 6.07) is 0.0647. The first kappa shape index (κ1) is 14.3. The normalized spacial score (nSPS) is 27.9. The van der Waals surface area contributed by atoms with Crippen LogP contribution in [0.15, 0.2) is 0 Å². The van der Waals surface area contributed by atoms with Crippen molar-refractivity contribution in [2.45, 2.75) is 65.2 Å². The van der Waals surface area contributed by atoms with Crippen molar-refractivity contribution < 1.29 is 14.6 Å². The number of rotatable bonds is 1. The molecule has 1 aliphatic carbocycles. The predicted octanol–water partition coefficient (Wildman–Crippen LogP) is 2.40. The minimum atomic E-state index is -0.474. The lowest BCUT2D eigenvalue weighted by atomic mass is 9.89. The molecule has 1 rings (SSSR count). The van der Waals surface area contributed by atoms with Crippen LogP contribution in [0.1, 0.15) is 47.5 Å². The molecule has 0 aliphatic heterocycles. The van der Waals surface area contributed by atoms with E-state index < -0.39 is 5.60 Å². The van der Waals surface area contributed by atoms with E-state index in [0.717, 1.165) is 6.42 Å². The zero-order chi connectivity index (χ0) is 13.4. The number of carbonyl (C=O) groups excluding carboxylic acids is 1. The molecule has 1 amide bonds. The van der Waals surface area contributed by atoms with Gasteiger partial charge < -0.3 is 14.7 Å². The molecule has 0 aromatic heterocycles. The molecule has 4 nitrogen and oxygen atoms in total. The van der Waals surface area contributed by atoms with Gasteiger partial charge >= 0.3 is 6.09 Å². The summed E-state index contributed by atoms with van der Waals surface area (Å²) in [5.41, 5.74) is -0.598. The van der Waals surface area contributed by atoms with E-state index in [1.165, 1.54) is 0 Å². The maximum absolute atomic E-state index is 11.9. The number of amides is 1. The van der Waals surface area contributed by atoms with Crippen LogP contribution < -0.4 is 0 Å². The Hall–Kier alpha value is -0.770. The van der Waals surface area contributed by atoms with Crippen LogP contribution in [0, 0.1) is 5.41 Å². The van der Waals surface area contributed by atoms with Gasteiger partial charge in [-0.2, -0.15) is 0 Å². The smallest absolute Gasteiger partial charge is 0.410 e. The van der Waals surface area contributed by atoms with E-state index in [4.69, 9.17) is 4.74 Å². The van der Waals surface area contributed by atoms with Gasteiger partial charge in [0.15, 0.2) is 0 Å². The molecule has 0 heterocycles. The molecule has 1 fully saturated rings. The van der Waals surface area contributed by atoms with Crippen molar-refractivity contribution in [1.82, 2.24) is 4.90 Å². The molecule has 0 radical (unpaired) electrons. The van der Waals surface area contributed by atoms with E-state index in [0.29, 0.717) is 6.42 Å². The average molecular weight is 243 g/mol. The van der Waals surface area contributed by atoms with Crippen LogP contribution in [0.5, 0.6) is 0 Å².